The smallest absolute Gasteiger partial charge is 0.220 e. The van der Waals surface area contributed by atoms with E-state index in [4.69, 9.17) is 15.2 Å². The molecule has 3 N–H and O–H groups in total. The predicted molar refractivity (Wildman–Crippen MR) is 88.8 cm³/mol. The topological polar surface area (TPSA) is 73.6 Å². The highest BCUT2D eigenvalue weighted by Crippen LogP contribution is 2.28. The number of benzene rings is 1. The summed E-state index contributed by atoms with van der Waals surface area (Å²) < 4.78 is 11.1. The molecule has 0 aliphatic carbocycles. The van der Waals surface area contributed by atoms with Gasteiger partial charge in [0.25, 0.3) is 0 Å². The van der Waals surface area contributed by atoms with Gasteiger partial charge in [-0.05, 0) is 36.1 Å². The van der Waals surface area contributed by atoms with Crippen molar-refractivity contribution in [2.45, 2.75) is 33.2 Å². The van der Waals surface area contributed by atoms with Crippen LogP contribution < -0.4 is 20.5 Å². The minimum absolute atomic E-state index is 0.00375. The first-order valence-electron chi connectivity index (χ1n) is 7.42. The molecule has 1 amide bonds. The van der Waals surface area contributed by atoms with Crippen molar-refractivity contribution < 1.29 is 14.3 Å². The Balaban J connectivity index is 2.68. The van der Waals surface area contributed by atoms with Crippen LogP contribution in [0.25, 0.3) is 6.08 Å². The van der Waals surface area contributed by atoms with Crippen molar-refractivity contribution in [3.05, 3.63) is 30.0 Å². The Bertz CT molecular complexity index is 513. The molecule has 1 aromatic carbocycles. The minimum atomic E-state index is -0.109. The highest BCUT2D eigenvalue weighted by molar-refractivity contribution is 5.75. The first kappa shape index (κ1) is 18.0. The van der Waals surface area contributed by atoms with Gasteiger partial charge < -0.3 is 20.5 Å². The normalized spacial score (nSPS) is 12.5. The first-order valence-corrected chi connectivity index (χ1v) is 7.42. The van der Waals surface area contributed by atoms with E-state index >= 15 is 0 Å². The molecule has 22 heavy (non-hydrogen) atoms. The number of carbonyl (C=O) groups excluding carboxylic acids is 1. The Morgan fingerprint density at radius 3 is 2.68 bits per heavy atom. The van der Waals surface area contributed by atoms with Gasteiger partial charge in [0.15, 0.2) is 11.5 Å². The standard InChI is InChI=1S/C17H26N2O3/c1-12(2)9-15(18)11-22-16-6-5-14(10-17(16)21-4)7-8-19-13(3)20/h5-8,10,12,15H,9,11,18H2,1-4H3,(H,19,20). The van der Waals surface area contributed by atoms with E-state index in [9.17, 15) is 4.79 Å². The molecule has 0 fully saturated rings. The third-order valence-electron chi connectivity index (χ3n) is 2.98. The van der Waals surface area contributed by atoms with Crippen molar-refractivity contribution in [2.75, 3.05) is 13.7 Å². The van der Waals surface area contributed by atoms with E-state index < -0.39 is 0 Å². The summed E-state index contributed by atoms with van der Waals surface area (Å²) in [5.41, 5.74) is 6.93. The van der Waals surface area contributed by atoms with E-state index in [1.165, 1.54) is 6.92 Å². The number of nitrogens with two attached hydrogens (primary N) is 1. The average Bonchev–Trinajstić information content (AvgIpc) is 2.44. The first-order chi connectivity index (χ1) is 10.4. The second-order valence-corrected chi connectivity index (χ2v) is 5.64. The Morgan fingerprint density at radius 1 is 1.36 bits per heavy atom. The molecule has 122 valence electrons. The fourth-order valence-electron chi connectivity index (χ4n) is 2.03. The van der Waals surface area contributed by atoms with E-state index in [-0.39, 0.29) is 11.9 Å². The lowest BCUT2D eigenvalue weighted by Crippen LogP contribution is -2.29. The van der Waals surface area contributed by atoms with Crippen LogP contribution in [0.2, 0.25) is 0 Å². The van der Waals surface area contributed by atoms with E-state index in [2.05, 4.69) is 19.2 Å². The van der Waals surface area contributed by atoms with E-state index in [1.54, 1.807) is 19.4 Å². The number of hydrogen-bond acceptors (Lipinski definition) is 4. The molecule has 0 heterocycles. The van der Waals surface area contributed by atoms with E-state index in [0.717, 1.165) is 12.0 Å². The quantitative estimate of drug-likeness (QED) is 0.774. The van der Waals surface area contributed by atoms with Gasteiger partial charge in [0.2, 0.25) is 5.91 Å². The third kappa shape index (κ3) is 6.63. The molecule has 0 aromatic heterocycles. The summed E-state index contributed by atoms with van der Waals surface area (Å²) in [5.74, 6) is 1.74. The van der Waals surface area contributed by atoms with Crippen LogP contribution in [0.4, 0.5) is 0 Å². The van der Waals surface area contributed by atoms with Gasteiger partial charge in [0.05, 0.1) is 7.11 Å². The maximum Gasteiger partial charge on any atom is 0.220 e. The monoisotopic (exact) mass is 306 g/mol. The van der Waals surface area contributed by atoms with Crippen molar-refractivity contribution in [1.29, 1.82) is 0 Å². The molecule has 5 nitrogen and oxygen atoms in total. The number of carbonyl (C=O) groups is 1. The molecule has 1 atom stereocenters. The number of hydrogen-bond donors (Lipinski definition) is 2. The molecule has 0 saturated heterocycles. The van der Waals surface area contributed by atoms with Crippen LogP contribution in [0.15, 0.2) is 24.4 Å². The van der Waals surface area contributed by atoms with Crippen molar-refractivity contribution in [2.24, 2.45) is 11.7 Å². The largest absolute Gasteiger partial charge is 0.493 e. The summed E-state index contributed by atoms with van der Waals surface area (Å²) in [6, 6.07) is 5.59. The number of methoxy groups -OCH3 is 1. The number of nitrogens with one attached hydrogen (secondary N) is 1. The Hall–Kier alpha value is -2.01. The highest BCUT2D eigenvalue weighted by atomic mass is 16.5. The van der Waals surface area contributed by atoms with Crippen LogP contribution in [-0.4, -0.2) is 25.7 Å². The van der Waals surface area contributed by atoms with Gasteiger partial charge in [0, 0.05) is 19.2 Å². The molecule has 1 rings (SSSR count). The van der Waals surface area contributed by atoms with Crippen molar-refractivity contribution in [1.82, 2.24) is 5.32 Å². The van der Waals surface area contributed by atoms with Gasteiger partial charge in [-0.25, -0.2) is 0 Å². The molecular formula is C17H26N2O3. The van der Waals surface area contributed by atoms with Crippen LogP contribution in [0.1, 0.15) is 32.8 Å². The molecule has 0 aliphatic heterocycles. The lowest BCUT2D eigenvalue weighted by molar-refractivity contribution is -0.118. The summed E-state index contributed by atoms with van der Waals surface area (Å²) >= 11 is 0. The fraction of sp³-hybridized carbons (Fsp3) is 0.471. The molecule has 0 saturated carbocycles. The molecule has 0 aliphatic rings. The lowest BCUT2D eigenvalue weighted by Gasteiger charge is -2.16. The minimum Gasteiger partial charge on any atom is -0.493 e. The zero-order chi connectivity index (χ0) is 16.5. The SMILES string of the molecule is COc1cc(C=CNC(C)=O)ccc1OCC(N)CC(C)C. The van der Waals surface area contributed by atoms with Gasteiger partial charge in [-0.15, -0.1) is 0 Å². The number of amides is 1. The summed E-state index contributed by atoms with van der Waals surface area (Å²) in [6.07, 6.45) is 4.30. The Kier molecular flexibility index (Phi) is 7.46. The second kappa shape index (κ2) is 9.10. The highest BCUT2D eigenvalue weighted by Gasteiger charge is 2.09. The van der Waals surface area contributed by atoms with E-state index in [1.807, 2.05) is 18.2 Å². The molecule has 0 radical (unpaired) electrons. The van der Waals surface area contributed by atoms with Crippen molar-refractivity contribution in [3.8, 4) is 11.5 Å². The van der Waals surface area contributed by atoms with Crippen LogP contribution in [-0.2, 0) is 4.79 Å². The molecule has 1 aromatic rings. The zero-order valence-electron chi connectivity index (χ0n) is 13.8. The molecular weight excluding hydrogens is 280 g/mol. The average molecular weight is 306 g/mol. The summed E-state index contributed by atoms with van der Waals surface area (Å²) in [4.78, 5) is 10.8. The molecule has 0 spiro atoms. The second-order valence-electron chi connectivity index (χ2n) is 5.64. The van der Waals surface area contributed by atoms with Crippen LogP contribution in [0.3, 0.4) is 0 Å². The molecule has 5 heteroatoms. The zero-order valence-corrected chi connectivity index (χ0v) is 13.8. The van der Waals surface area contributed by atoms with E-state index in [0.29, 0.717) is 24.0 Å². The van der Waals surface area contributed by atoms with Crippen LogP contribution >= 0.6 is 0 Å². The molecule has 0 bridgehead atoms. The van der Waals surface area contributed by atoms with Crippen LogP contribution in [0.5, 0.6) is 11.5 Å². The maximum atomic E-state index is 10.8. The van der Waals surface area contributed by atoms with Crippen molar-refractivity contribution in [3.63, 3.8) is 0 Å². The fourth-order valence-corrected chi connectivity index (χ4v) is 2.03. The van der Waals surface area contributed by atoms with Gasteiger partial charge in [-0.1, -0.05) is 19.9 Å². The third-order valence-corrected chi connectivity index (χ3v) is 2.98. The Labute approximate surface area is 132 Å². The van der Waals surface area contributed by atoms with Gasteiger partial charge in [0.1, 0.15) is 6.61 Å². The molecule has 1 unspecified atom stereocenters. The Morgan fingerprint density at radius 2 is 2.09 bits per heavy atom. The lowest BCUT2D eigenvalue weighted by atomic mass is 10.1. The summed E-state index contributed by atoms with van der Waals surface area (Å²) in [5, 5.41) is 2.60. The van der Waals surface area contributed by atoms with Gasteiger partial charge in [-0.2, -0.15) is 0 Å². The van der Waals surface area contributed by atoms with Gasteiger partial charge in [-0.3, -0.25) is 4.79 Å². The summed E-state index contributed by atoms with van der Waals surface area (Å²) in [7, 11) is 1.59. The number of ether oxygens (including phenoxy) is 2. The van der Waals surface area contributed by atoms with Gasteiger partial charge >= 0.3 is 0 Å². The predicted octanol–water partition coefficient (Wildman–Crippen LogP) is 2.55. The number of rotatable bonds is 8. The maximum absolute atomic E-state index is 10.8. The van der Waals surface area contributed by atoms with Crippen molar-refractivity contribution >= 4 is 12.0 Å². The van der Waals surface area contributed by atoms with Crippen LogP contribution in [0, 0.1) is 5.92 Å². The summed E-state index contributed by atoms with van der Waals surface area (Å²) in [6.45, 7) is 6.19.